The highest BCUT2D eigenvalue weighted by molar-refractivity contribution is 9.10. The number of aryl methyl sites for hydroxylation is 2. The molecule has 0 aliphatic heterocycles. The van der Waals surface area contributed by atoms with Crippen LogP contribution in [0.4, 0.5) is 3.89 Å². The van der Waals surface area contributed by atoms with Gasteiger partial charge in [0.05, 0.1) is 11.4 Å². The van der Waals surface area contributed by atoms with Gasteiger partial charge in [-0.25, -0.2) is 0 Å². The van der Waals surface area contributed by atoms with Gasteiger partial charge in [-0.05, 0) is 43.0 Å². The quantitative estimate of drug-likeness (QED) is 0.789. The first kappa shape index (κ1) is 11.3. The molecule has 88 valence electrons. The first-order valence-electron chi connectivity index (χ1n) is 5.37. The van der Waals surface area contributed by atoms with E-state index in [1.165, 1.54) is 15.2 Å². The number of halogens is 2. The van der Waals surface area contributed by atoms with Gasteiger partial charge in [-0.2, -0.15) is 9.19 Å². The average molecular weight is 313 g/mol. The van der Waals surface area contributed by atoms with Crippen LogP contribution in [0, 0.1) is 6.92 Å². The topological polar surface area (TPSA) is 17.8 Å². The Kier molecular flexibility index (Phi) is 2.75. The molecular weight excluding hydrogens is 303 g/mol. The first-order chi connectivity index (χ1) is 8.20. The molecule has 5 heteroatoms. The molecule has 0 atom stereocenters. The van der Waals surface area contributed by atoms with E-state index in [0.29, 0.717) is 0 Å². The minimum atomic E-state index is 0.178. The Morgan fingerprint density at radius 3 is 3.00 bits per heavy atom. The summed E-state index contributed by atoms with van der Waals surface area (Å²) in [5.74, 6) is 0. The van der Waals surface area contributed by atoms with Gasteiger partial charge in [0.15, 0.2) is 12.3 Å². The lowest BCUT2D eigenvalue weighted by molar-refractivity contribution is 0.811. The van der Waals surface area contributed by atoms with Crippen molar-refractivity contribution in [3.8, 4) is 11.1 Å². The predicted molar refractivity (Wildman–Crippen MR) is 71.6 cm³/mol. The lowest BCUT2D eigenvalue weighted by Gasteiger charge is -2.17. The number of fused-ring (bicyclic) bond motifs is 3. The van der Waals surface area contributed by atoms with Gasteiger partial charge in [-0.15, -0.1) is 3.89 Å². The summed E-state index contributed by atoms with van der Waals surface area (Å²) in [5, 5.41) is 4.22. The van der Waals surface area contributed by atoms with Gasteiger partial charge in [0.25, 0.3) is 0 Å². The molecule has 2 nitrogen and oxygen atoms in total. The van der Waals surface area contributed by atoms with Crippen LogP contribution in [0.15, 0.2) is 22.7 Å². The van der Waals surface area contributed by atoms with Crippen molar-refractivity contribution in [3.63, 3.8) is 0 Å². The summed E-state index contributed by atoms with van der Waals surface area (Å²) in [4.78, 5) is 0. The highest BCUT2D eigenvalue weighted by Gasteiger charge is 2.23. The van der Waals surface area contributed by atoms with Gasteiger partial charge in [0, 0.05) is 10.0 Å². The van der Waals surface area contributed by atoms with Crippen LogP contribution < -0.4 is 0 Å². The van der Waals surface area contributed by atoms with Crippen molar-refractivity contribution in [2.75, 3.05) is 0 Å². The van der Waals surface area contributed by atoms with Crippen LogP contribution in [0.3, 0.4) is 0 Å². The third-order valence-electron chi connectivity index (χ3n) is 3.16. The molecule has 0 radical (unpaired) electrons. The molecule has 1 heterocycles. The molecule has 1 aromatic heterocycles. The van der Waals surface area contributed by atoms with E-state index in [1.54, 1.807) is 0 Å². The molecule has 1 aliphatic carbocycles. The second-order valence-corrected chi connectivity index (χ2v) is 5.55. The van der Waals surface area contributed by atoms with Crippen molar-refractivity contribution < 1.29 is 3.89 Å². The second kappa shape index (κ2) is 4.14. The van der Waals surface area contributed by atoms with Gasteiger partial charge >= 0.3 is 0 Å². The maximum absolute atomic E-state index is 12.8. The Labute approximate surface area is 112 Å². The monoisotopic (exact) mass is 312 g/mol. The molecule has 3 rings (SSSR count). The largest absolute Gasteiger partial charge is 0.187 e. The zero-order chi connectivity index (χ0) is 12.0. The highest BCUT2D eigenvalue weighted by atomic mass is 79.9. The van der Waals surface area contributed by atoms with Crippen molar-refractivity contribution >= 4 is 28.3 Å². The zero-order valence-corrected chi connectivity index (χ0v) is 11.6. The van der Waals surface area contributed by atoms with Crippen LogP contribution in [0.2, 0.25) is 0 Å². The maximum Gasteiger partial charge on any atom is 0.187 e. The molecule has 1 aromatic carbocycles. The molecule has 0 saturated carbocycles. The van der Waals surface area contributed by atoms with E-state index in [9.17, 15) is 3.89 Å². The van der Waals surface area contributed by atoms with Crippen molar-refractivity contribution in [2.24, 2.45) is 0 Å². The summed E-state index contributed by atoms with van der Waals surface area (Å²) in [6.07, 6.45) is 1.78. The SMILES string of the molecule is Cc1nn(SF)c2c1-c1ccc(Br)cc1CC2. The van der Waals surface area contributed by atoms with Crippen molar-refractivity contribution in [2.45, 2.75) is 19.8 Å². The summed E-state index contributed by atoms with van der Waals surface area (Å²) in [5.41, 5.74) is 5.48. The minimum Gasteiger partial charge on any atom is -0.180 e. The van der Waals surface area contributed by atoms with E-state index in [-0.39, 0.29) is 12.3 Å². The number of rotatable bonds is 1. The fraction of sp³-hybridized carbons (Fsp3) is 0.250. The summed E-state index contributed by atoms with van der Waals surface area (Å²) < 4.78 is 15.3. The Morgan fingerprint density at radius 1 is 1.41 bits per heavy atom. The number of aromatic nitrogens is 2. The molecule has 0 fully saturated rings. The van der Waals surface area contributed by atoms with Gasteiger partial charge < -0.3 is 0 Å². The Hall–Kier alpha value is -0.810. The lowest BCUT2D eigenvalue weighted by Crippen LogP contribution is -2.06. The summed E-state index contributed by atoms with van der Waals surface area (Å²) in [7, 11) is 0. The summed E-state index contributed by atoms with van der Waals surface area (Å²) in [6.45, 7) is 1.93. The molecule has 17 heavy (non-hydrogen) atoms. The van der Waals surface area contributed by atoms with E-state index in [4.69, 9.17) is 0 Å². The van der Waals surface area contributed by atoms with Crippen molar-refractivity contribution in [1.29, 1.82) is 0 Å². The Morgan fingerprint density at radius 2 is 2.24 bits per heavy atom. The Balaban J connectivity index is 2.26. The van der Waals surface area contributed by atoms with E-state index in [1.807, 2.05) is 13.0 Å². The standard InChI is InChI=1S/C12H10BrFN2S/c1-7-12-10-4-3-9(13)6-8(10)2-5-11(12)16(15-7)17-14/h3-4,6H,2,5H2,1H3. The molecule has 0 saturated heterocycles. The average Bonchev–Trinajstić information content (AvgIpc) is 2.66. The van der Waals surface area contributed by atoms with Crippen LogP contribution in [-0.4, -0.2) is 9.19 Å². The molecule has 0 unspecified atom stereocenters. The number of benzene rings is 1. The fourth-order valence-corrected chi connectivity index (χ4v) is 3.27. The zero-order valence-electron chi connectivity index (χ0n) is 9.20. The lowest BCUT2D eigenvalue weighted by atomic mass is 9.89. The molecule has 0 N–H and O–H groups in total. The van der Waals surface area contributed by atoms with E-state index < -0.39 is 0 Å². The van der Waals surface area contributed by atoms with E-state index >= 15 is 0 Å². The maximum atomic E-state index is 12.8. The third kappa shape index (κ3) is 1.72. The number of nitrogens with zero attached hydrogens (tertiary/aromatic N) is 2. The van der Waals surface area contributed by atoms with Gasteiger partial charge in [0.2, 0.25) is 0 Å². The second-order valence-electron chi connectivity index (χ2n) is 4.15. The molecule has 1 aliphatic rings. The van der Waals surface area contributed by atoms with Crippen LogP contribution in [0.1, 0.15) is 17.0 Å². The van der Waals surface area contributed by atoms with Crippen LogP contribution in [-0.2, 0) is 12.8 Å². The summed E-state index contributed by atoms with van der Waals surface area (Å²) >= 11 is 3.66. The van der Waals surface area contributed by atoms with Gasteiger partial charge in [-0.1, -0.05) is 22.0 Å². The van der Waals surface area contributed by atoms with Gasteiger partial charge in [0.1, 0.15) is 0 Å². The minimum absolute atomic E-state index is 0.178. The molecule has 2 aromatic rings. The smallest absolute Gasteiger partial charge is 0.180 e. The predicted octanol–water partition coefficient (Wildman–Crippen LogP) is 4.10. The highest BCUT2D eigenvalue weighted by Crippen LogP contribution is 2.38. The van der Waals surface area contributed by atoms with Crippen LogP contribution >= 0.6 is 28.3 Å². The van der Waals surface area contributed by atoms with Crippen molar-refractivity contribution in [1.82, 2.24) is 9.19 Å². The van der Waals surface area contributed by atoms with Gasteiger partial charge in [-0.3, -0.25) is 0 Å². The molecule has 0 spiro atoms. The Bertz CT molecular complexity index is 594. The molecular formula is C12H10BrFN2S. The number of hydrogen-bond donors (Lipinski definition) is 0. The number of hydrogen-bond acceptors (Lipinski definition) is 2. The molecule has 0 amide bonds. The van der Waals surface area contributed by atoms with Crippen molar-refractivity contribution in [3.05, 3.63) is 39.6 Å². The van der Waals surface area contributed by atoms with Crippen LogP contribution in [0.25, 0.3) is 11.1 Å². The van der Waals surface area contributed by atoms with Crippen LogP contribution in [0.5, 0.6) is 0 Å². The summed E-state index contributed by atoms with van der Waals surface area (Å²) in [6, 6.07) is 6.24. The first-order valence-corrected chi connectivity index (χ1v) is 6.83. The van der Waals surface area contributed by atoms with E-state index in [2.05, 4.69) is 33.2 Å². The van der Waals surface area contributed by atoms with E-state index in [0.717, 1.165) is 34.3 Å². The molecule has 0 bridgehead atoms. The normalized spacial score (nSPS) is 13.4. The third-order valence-corrected chi connectivity index (χ3v) is 4.08. The fourth-order valence-electron chi connectivity index (χ4n) is 2.45.